The highest BCUT2D eigenvalue weighted by Crippen LogP contribution is 2.59. The molecule has 0 amide bonds. The Balaban J connectivity index is -0.000000415. The van der Waals surface area contributed by atoms with Gasteiger partial charge in [-0.1, -0.05) is 289 Å². The molecule has 1 fully saturated rings. The lowest BCUT2D eigenvalue weighted by Gasteiger charge is -2.39. The average Bonchev–Trinajstić information content (AvgIpc) is 3.94. The highest BCUT2D eigenvalue weighted by atomic mass is 16.5. The van der Waals surface area contributed by atoms with Crippen LogP contribution in [0.4, 0.5) is 0 Å². The Morgan fingerprint density at radius 1 is 0.405 bits per heavy atom. The van der Waals surface area contributed by atoms with Crippen LogP contribution in [0.5, 0.6) is 0 Å². The minimum atomic E-state index is 0.269. The van der Waals surface area contributed by atoms with Gasteiger partial charge in [-0.2, -0.15) is 0 Å². The van der Waals surface area contributed by atoms with E-state index in [1.807, 2.05) is 0 Å². The monoisotopic (exact) mass is 1040 g/mol. The molecule has 0 unspecified atom stereocenters. The minimum Gasteiger partial charge on any atom is -0.377 e. The van der Waals surface area contributed by atoms with Crippen LogP contribution in [0.15, 0.2) is 60.8 Å². The van der Waals surface area contributed by atoms with E-state index in [0.717, 1.165) is 13.2 Å². The van der Waals surface area contributed by atoms with Crippen LogP contribution in [0.25, 0.3) is 0 Å². The molecule has 1 heteroatoms. The molecule has 1 aliphatic carbocycles. The van der Waals surface area contributed by atoms with Crippen molar-refractivity contribution in [3.05, 3.63) is 60.8 Å². The maximum Gasteiger partial charge on any atom is 0.0647 e. The summed E-state index contributed by atoms with van der Waals surface area (Å²) in [7, 11) is 0. The summed E-state index contributed by atoms with van der Waals surface area (Å²) in [5.41, 5.74) is 5.03. The second-order valence-electron chi connectivity index (χ2n) is 35.1. The Kier molecular flexibility index (Phi) is 37.0. The fourth-order valence-corrected chi connectivity index (χ4v) is 7.31. The average molecular weight is 1040 g/mol. The van der Waals surface area contributed by atoms with Crippen molar-refractivity contribution in [2.45, 2.75) is 325 Å². The molecule has 0 N–H and O–H groups in total. The Bertz CT molecular complexity index is 1510. The van der Waals surface area contributed by atoms with E-state index >= 15 is 0 Å². The van der Waals surface area contributed by atoms with Crippen LogP contribution in [-0.2, 0) is 4.74 Å². The van der Waals surface area contributed by atoms with Crippen LogP contribution in [0.2, 0.25) is 0 Å². The standard InChI is InChI=1S/C16H30.C16H32.C15H30.C14H28.C12H24O/c1-14(2,3)10-8-7-9-11-16(12-13-16)15(4,5)6;1-14(2,3)12-10-9-11-13-16(7,8)15(4,5)6;1-13(15(5,6)7)11-9-8-10-12-14(2,3)4;1-13(2,3)11-9-7-8-10-12-14(4,5)6;1-11(2,3)8-7-9-13-10-12(4,5)6/h9,11H,7-8,10,12-13H2,1-6H3;10,12H,9,11,13H2,1-8H3;9,11,13H,8,10,12H2,1-7H3;7,9H,8,10-12H2,1-6H3;7-8H,9-10H2,1-6H3/b11-9+;12-10+;11-9+;9-7+;8-7+/t;;13-;;/m..0../s1. The molecule has 0 heterocycles. The van der Waals surface area contributed by atoms with Crippen molar-refractivity contribution in [1.82, 2.24) is 0 Å². The number of hydrogen-bond donors (Lipinski definition) is 0. The lowest BCUT2D eigenvalue weighted by Crippen LogP contribution is -2.29. The molecule has 74 heavy (non-hydrogen) atoms. The van der Waals surface area contributed by atoms with Gasteiger partial charge in [-0.05, 0) is 167 Å². The minimum absolute atomic E-state index is 0.269. The second kappa shape index (κ2) is 34.6. The molecule has 442 valence electrons. The lowest BCUT2D eigenvalue weighted by atomic mass is 9.67. The molecular weight excluding hydrogens is 893 g/mol. The summed E-state index contributed by atoms with van der Waals surface area (Å²) in [6.45, 7) is 77.3. The van der Waals surface area contributed by atoms with Gasteiger partial charge in [0, 0.05) is 0 Å². The van der Waals surface area contributed by atoms with Crippen molar-refractivity contribution in [2.24, 2.45) is 70.9 Å². The van der Waals surface area contributed by atoms with Crippen molar-refractivity contribution >= 4 is 0 Å². The molecular formula is C73H144O. The predicted molar refractivity (Wildman–Crippen MR) is 346 cm³/mol. The largest absolute Gasteiger partial charge is 0.377 e. The summed E-state index contributed by atoms with van der Waals surface area (Å²) in [4.78, 5) is 0. The van der Waals surface area contributed by atoms with Crippen LogP contribution in [-0.4, -0.2) is 13.2 Å². The van der Waals surface area contributed by atoms with Crippen LogP contribution in [0.1, 0.15) is 325 Å². The molecule has 0 radical (unpaired) electrons. The Hall–Kier alpha value is -1.34. The molecule has 0 aromatic heterocycles. The smallest absolute Gasteiger partial charge is 0.0647 e. The summed E-state index contributed by atoms with van der Waals surface area (Å²) in [5.74, 6) is 0.673. The zero-order valence-corrected chi connectivity index (χ0v) is 57.8. The third-order valence-electron chi connectivity index (χ3n) is 14.5. The molecule has 1 rings (SSSR count). The summed E-state index contributed by atoms with van der Waals surface area (Å²) in [6.07, 6.45) is 42.8. The first kappa shape index (κ1) is 79.1. The predicted octanol–water partition coefficient (Wildman–Crippen LogP) is 25.7. The van der Waals surface area contributed by atoms with E-state index in [2.05, 4.69) is 289 Å². The highest BCUT2D eigenvalue weighted by molar-refractivity contribution is 5.14. The summed E-state index contributed by atoms with van der Waals surface area (Å²) in [6, 6.07) is 0. The zero-order valence-electron chi connectivity index (χ0n) is 57.8. The number of allylic oxidation sites excluding steroid dienone is 9. The molecule has 1 nitrogen and oxygen atoms in total. The zero-order chi connectivity index (χ0) is 59.4. The van der Waals surface area contributed by atoms with Crippen molar-refractivity contribution in [1.29, 1.82) is 0 Å². The Morgan fingerprint density at radius 2 is 0.784 bits per heavy atom. The van der Waals surface area contributed by atoms with Crippen molar-refractivity contribution < 1.29 is 4.74 Å². The summed E-state index contributed by atoms with van der Waals surface area (Å²) >= 11 is 0. The molecule has 0 aromatic carbocycles. The maximum absolute atomic E-state index is 5.51. The topological polar surface area (TPSA) is 9.23 Å². The first-order chi connectivity index (χ1) is 32.7. The lowest BCUT2D eigenvalue weighted by molar-refractivity contribution is 0.0906. The second-order valence-corrected chi connectivity index (χ2v) is 35.1. The number of unbranched alkanes of at least 4 members (excludes halogenated alkanes) is 4. The van der Waals surface area contributed by atoms with Crippen molar-refractivity contribution in [2.75, 3.05) is 13.2 Å². The fourth-order valence-electron chi connectivity index (χ4n) is 7.31. The molecule has 0 bridgehead atoms. The van der Waals surface area contributed by atoms with E-state index < -0.39 is 0 Å². The first-order valence-corrected chi connectivity index (χ1v) is 30.6. The van der Waals surface area contributed by atoms with Crippen LogP contribution in [0, 0.1) is 70.9 Å². The molecule has 1 aliphatic rings. The van der Waals surface area contributed by atoms with Gasteiger partial charge in [0.05, 0.1) is 13.2 Å². The van der Waals surface area contributed by atoms with E-state index in [0.29, 0.717) is 60.1 Å². The SMILES string of the molecule is CC(C)(C)/C=C/CCCC(C)(C)C(C)(C)C.CC(C)(C)/C=C/COCC(C)(C)C.CC(C)(C)C/C=C/CCCC(C)(C)C.CC(C)(C)CCC/C=C/C1(C(C)(C)C)CC1.C[C@@H](/C=C/CCCC(C)(C)C)C(C)(C)C. The maximum atomic E-state index is 5.51. The van der Waals surface area contributed by atoms with E-state index in [9.17, 15) is 0 Å². The van der Waals surface area contributed by atoms with Gasteiger partial charge in [-0.3, -0.25) is 0 Å². The Morgan fingerprint density at radius 3 is 1.12 bits per heavy atom. The van der Waals surface area contributed by atoms with Crippen LogP contribution in [0.3, 0.4) is 0 Å². The van der Waals surface area contributed by atoms with E-state index in [1.165, 1.54) is 96.3 Å². The molecule has 1 atom stereocenters. The molecule has 0 aliphatic heterocycles. The molecule has 1 saturated carbocycles. The molecule has 0 saturated heterocycles. The quantitative estimate of drug-likeness (QED) is 0.0925. The van der Waals surface area contributed by atoms with Crippen LogP contribution < -0.4 is 0 Å². The third-order valence-corrected chi connectivity index (χ3v) is 14.5. The highest BCUT2D eigenvalue weighted by Gasteiger charge is 2.49. The van der Waals surface area contributed by atoms with Gasteiger partial charge in [0.2, 0.25) is 0 Å². The van der Waals surface area contributed by atoms with Crippen molar-refractivity contribution in [3.63, 3.8) is 0 Å². The number of hydrogen-bond acceptors (Lipinski definition) is 1. The molecule has 0 aromatic rings. The van der Waals surface area contributed by atoms with Gasteiger partial charge >= 0.3 is 0 Å². The normalized spacial score (nSPS) is 15.9. The fraction of sp³-hybridized carbons (Fsp3) is 0.863. The summed E-state index contributed by atoms with van der Waals surface area (Å²) < 4.78 is 5.51. The van der Waals surface area contributed by atoms with Crippen LogP contribution >= 0.6 is 0 Å². The number of rotatable bonds is 19. The van der Waals surface area contributed by atoms with Gasteiger partial charge in [0.1, 0.15) is 0 Å². The summed E-state index contributed by atoms with van der Waals surface area (Å²) in [5, 5.41) is 0. The van der Waals surface area contributed by atoms with Gasteiger partial charge in [0.15, 0.2) is 0 Å². The number of ether oxygens (including phenoxy) is 1. The van der Waals surface area contributed by atoms with Gasteiger partial charge in [0.25, 0.3) is 0 Å². The van der Waals surface area contributed by atoms with Gasteiger partial charge in [-0.25, -0.2) is 0 Å². The van der Waals surface area contributed by atoms with Gasteiger partial charge in [-0.15, -0.1) is 0 Å². The van der Waals surface area contributed by atoms with Gasteiger partial charge < -0.3 is 4.74 Å². The van der Waals surface area contributed by atoms with E-state index in [1.54, 1.807) is 0 Å². The molecule has 0 spiro atoms. The first-order valence-electron chi connectivity index (χ1n) is 30.6. The third kappa shape index (κ3) is 56.9. The van der Waals surface area contributed by atoms with Crippen molar-refractivity contribution in [3.8, 4) is 0 Å². The van der Waals surface area contributed by atoms with E-state index in [4.69, 9.17) is 4.74 Å². The Labute approximate surface area is 472 Å². The van der Waals surface area contributed by atoms with E-state index in [-0.39, 0.29) is 10.8 Å².